The van der Waals surface area contributed by atoms with Crippen molar-refractivity contribution >= 4 is 27.5 Å². The molecule has 8 heteroatoms. The minimum absolute atomic E-state index is 0.181. The van der Waals surface area contributed by atoms with Crippen molar-refractivity contribution in [3.05, 3.63) is 46.7 Å². The molecule has 0 spiro atoms. The standard InChI is InChI=1S/C13H14BrN5O2/c14-9-2-3-11(15)10(8-9)12(20)19(16)6-7-21-13-17-4-1-5-18-13/h1-5,8H,6-7,15-16H2. The van der Waals surface area contributed by atoms with Crippen LogP contribution in [0.4, 0.5) is 5.69 Å². The molecule has 2 rings (SSSR count). The molecule has 0 bridgehead atoms. The van der Waals surface area contributed by atoms with Gasteiger partial charge in [-0.25, -0.2) is 15.8 Å². The Morgan fingerprint density at radius 1 is 1.33 bits per heavy atom. The first-order valence-corrected chi connectivity index (χ1v) is 6.88. The number of benzene rings is 1. The number of hydrogen-bond donors (Lipinski definition) is 2. The lowest BCUT2D eigenvalue weighted by molar-refractivity contribution is 0.0728. The summed E-state index contributed by atoms with van der Waals surface area (Å²) in [7, 11) is 0. The Hall–Kier alpha value is -2.19. The summed E-state index contributed by atoms with van der Waals surface area (Å²) < 4.78 is 6.03. The predicted molar refractivity (Wildman–Crippen MR) is 81.3 cm³/mol. The van der Waals surface area contributed by atoms with Crippen molar-refractivity contribution in [2.75, 3.05) is 18.9 Å². The Balaban J connectivity index is 1.92. The largest absolute Gasteiger partial charge is 0.462 e. The molecular weight excluding hydrogens is 338 g/mol. The van der Waals surface area contributed by atoms with E-state index in [-0.39, 0.29) is 25.1 Å². The molecule has 1 amide bonds. The number of ether oxygens (including phenoxy) is 1. The molecule has 0 unspecified atom stereocenters. The van der Waals surface area contributed by atoms with Crippen LogP contribution in [-0.2, 0) is 0 Å². The number of amides is 1. The topological polar surface area (TPSA) is 107 Å². The van der Waals surface area contributed by atoms with Gasteiger partial charge in [0.05, 0.1) is 12.1 Å². The maximum Gasteiger partial charge on any atom is 0.316 e. The van der Waals surface area contributed by atoms with Crippen molar-refractivity contribution in [3.8, 4) is 6.01 Å². The number of carbonyl (C=O) groups excluding carboxylic acids is 1. The van der Waals surface area contributed by atoms with Crippen molar-refractivity contribution < 1.29 is 9.53 Å². The van der Waals surface area contributed by atoms with E-state index < -0.39 is 0 Å². The van der Waals surface area contributed by atoms with Gasteiger partial charge in [0.1, 0.15) is 6.61 Å². The molecule has 110 valence electrons. The van der Waals surface area contributed by atoms with Gasteiger partial charge in [0.25, 0.3) is 5.91 Å². The number of anilines is 1. The second kappa shape index (κ2) is 7.00. The van der Waals surface area contributed by atoms with Gasteiger partial charge in [0, 0.05) is 22.6 Å². The SMILES string of the molecule is Nc1ccc(Br)cc1C(=O)N(N)CCOc1ncccn1. The zero-order valence-electron chi connectivity index (χ0n) is 11.1. The van der Waals surface area contributed by atoms with E-state index in [9.17, 15) is 4.79 Å². The van der Waals surface area contributed by atoms with Gasteiger partial charge in [-0.15, -0.1) is 0 Å². The van der Waals surface area contributed by atoms with E-state index in [0.717, 1.165) is 9.48 Å². The van der Waals surface area contributed by atoms with Crippen LogP contribution < -0.4 is 16.3 Å². The van der Waals surface area contributed by atoms with Gasteiger partial charge in [0.15, 0.2) is 0 Å². The van der Waals surface area contributed by atoms with Gasteiger partial charge in [-0.1, -0.05) is 15.9 Å². The Labute approximate surface area is 130 Å². The maximum absolute atomic E-state index is 12.2. The lowest BCUT2D eigenvalue weighted by Crippen LogP contribution is -2.40. The minimum Gasteiger partial charge on any atom is -0.462 e. The summed E-state index contributed by atoms with van der Waals surface area (Å²) in [5, 5.41) is 1.04. The van der Waals surface area contributed by atoms with Crippen molar-refractivity contribution in [1.82, 2.24) is 15.0 Å². The van der Waals surface area contributed by atoms with Crippen LogP contribution in [-0.4, -0.2) is 34.0 Å². The van der Waals surface area contributed by atoms with Crippen LogP contribution in [0.2, 0.25) is 0 Å². The number of halogens is 1. The molecule has 0 saturated heterocycles. The van der Waals surface area contributed by atoms with E-state index in [1.54, 1.807) is 36.7 Å². The number of nitrogens with two attached hydrogens (primary N) is 2. The first-order chi connectivity index (χ1) is 10.1. The third-order valence-corrected chi connectivity index (χ3v) is 3.11. The summed E-state index contributed by atoms with van der Waals surface area (Å²) in [6.07, 6.45) is 3.13. The van der Waals surface area contributed by atoms with E-state index in [2.05, 4.69) is 25.9 Å². The molecule has 4 N–H and O–H groups in total. The average Bonchev–Trinajstić information content (AvgIpc) is 2.50. The van der Waals surface area contributed by atoms with E-state index >= 15 is 0 Å². The molecule has 1 aromatic carbocycles. The quantitative estimate of drug-likeness (QED) is 0.363. The predicted octanol–water partition coefficient (Wildman–Crippen LogP) is 1.22. The molecule has 1 heterocycles. The number of aromatic nitrogens is 2. The summed E-state index contributed by atoms with van der Waals surface area (Å²) in [5.41, 5.74) is 6.48. The molecule has 0 fully saturated rings. The summed E-state index contributed by atoms with van der Waals surface area (Å²) in [5.74, 6) is 5.34. The second-order valence-electron chi connectivity index (χ2n) is 4.11. The van der Waals surface area contributed by atoms with Crippen LogP contribution in [0.15, 0.2) is 41.1 Å². The summed E-state index contributed by atoms with van der Waals surface area (Å²) in [6, 6.07) is 6.93. The monoisotopic (exact) mass is 351 g/mol. The van der Waals surface area contributed by atoms with Crippen molar-refractivity contribution in [1.29, 1.82) is 0 Å². The summed E-state index contributed by atoms with van der Waals surface area (Å²) in [6.45, 7) is 0.364. The lowest BCUT2D eigenvalue weighted by Gasteiger charge is -2.17. The molecule has 2 aromatic rings. The van der Waals surface area contributed by atoms with Crippen LogP contribution in [0, 0.1) is 0 Å². The molecule has 0 aliphatic carbocycles. The fourth-order valence-corrected chi connectivity index (χ4v) is 1.93. The fourth-order valence-electron chi connectivity index (χ4n) is 1.57. The highest BCUT2D eigenvalue weighted by Gasteiger charge is 2.15. The third kappa shape index (κ3) is 4.14. The van der Waals surface area contributed by atoms with Gasteiger partial charge < -0.3 is 10.5 Å². The zero-order valence-corrected chi connectivity index (χ0v) is 12.7. The highest BCUT2D eigenvalue weighted by Crippen LogP contribution is 2.19. The Bertz CT molecular complexity index is 623. The van der Waals surface area contributed by atoms with E-state index in [0.29, 0.717) is 11.3 Å². The highest BCUT2D eigenvalue weighted by atomic mass is 79.9. The van der Waals surface area contributed by atoms with Crippen LogP contribution in [0.5, 0.6) is 6.01 Å². The van der Waals surface area contributed by atoms with E-state index in [1.807, 2.05) is 0 Å². The molecular formula is C13H14BrN5O2. The maximum atomic E-state index is 12.2. The minimum atomic E-state index is -0.383. The Morgan fingerprint density at radius 2 is 2.05 bits per heavy atom. The van der Waals surface area contributed by atoms with Gasteiger partial charge >= 0.3 is 6.01 Å². The molecule has 1 aromatic heterocycles. The molecule has 21 heavy (non-hydrogen) atoms. The number of hydrogen-bond acceptors (Lipinski definition) is 6. The fraction of sp³-hybridized carbons (Fsp3) is 0.154. The first kappa shape index (κ1) is 15.2. The molecule has 0 atom stereocenters. The molecule has 0 aliphatic heterocycles. The number of rotatable bonds is 5. The number of carbonyl (C=O) groups is 1. The van der Waals surface area contributed by atoms with Crippen LogP contribution >= 0.6 is 15.9 Å². The van der Waals surface area contributed by atoms with Crippen LogP contribution in [0.25, 0.3) is 0 Å². The molecule has 0 aliphatic rings. The van der Waals surface area contributed by atoms with Gasteiger partial charge in [0.2, 0.25) is 0 Å². The average molecular weight is 352 g/mol. The number of nitrogens with zero attached hydrogens (tertiary/aromatic N) is 3. The Kier molecular flexibility index (Phi) is 5.07. The molecule has 7 nitrogen and oxygen atoms in total. The van der Waals surface area contributed by atoms with Gasteiger partial charge in [-0.05, 0) is 24.3 Å². The summed E-state index contributed by atoms with van der Waals surface area (Å²) >= 11 is 3.29. The first-order valence-electron chi connectivity index (χ1n) is 6.09. The lowest BCUT2D eigenvalue weighted by atomic mass is 10.1. The van der Waals surface area contributed by atoms with Crippen molar-refractivity contribution in [3.63, 3.8) is 0 Å². The Morgan fingerprint density at radius 3 is 2.76 bits per heavy atom. The van der Waals surface area contributed by atoms with Crippen LogP contribution in [0.1, 0.15) is 10.4 Å². The zero-order chi connectivity index (χ0) is 15.2. The van der Waals surface area contributed by atoms with Gasteiger partial charge in [-0.3, -0.25) is 9.80 Å². The molecule has 0 saturated carbocycles. The van der Waals surface area contributed by atoms with E-state index in [4.69, 9.17) is 16.3 Å². The second-order valence-corrected chi connectivity index (χ2v) is 5.03. The van der Waals surface area contributed by atoms with Crippen molar-refractivity contribution in [2.45, 2.75) is 0 Å². The third-order valence-electron chi connectivity index (χ3n) is 2.61. The molecule has 0 radical (unpaired) electrons. The number of nitrogen functional groups attached to an aromatic ring is 1. The summed E-state index contributed by atoms with van der Waals surface area (Å²) in [4.78, 5) is 20.0. The van der Waals surface area contributed by atoms with Gasteiger partial charge in [-0.2, -0.15) is 0 Å². The van der Waals surface area contributed by atoms with Crippen molar-refractivity contribution in [2.24, 2.45) is 5.84 Å². The smallest absolute Gasteiger partial charge is 0.316 e. The normalized spacial score (nSPS) is 10.2. The highest BCUT2D eigenvalue weighted by molar-refractivity contribution is 9.10. The number of hydrazine groups is 1. The van der Waals surface area contributed by atoms with Crippen LogP contribution in [0.3, 0.4) is 0 Å². The van der Waals surface area contributed by atoms with E-state index in [1.165, 1.54) is 0 Å².